The maximum absolute atomic E-state index is 11.9. The highest BCUT2D eigenvalue weighted by atomic mass is 16.6. The van der Waals surface area contributed by atoms with E-state index >= 15 is 0 Å². The van der Waals surface area contributed by atoms with Crippen molar-refractivity contribution in [2.75, 3.05) is 19.4 Å². The van der Waals surface area contributed by atoms with Gasteiger partial charge in [-0.25, -0.2) is 0 Å². The van der Waals surface area contributed by atoms with Crippen molar-refractivity contribution in [1.29, 1.82) is 0 Å². The molecule has 0 spiro atoms. The fourth-order valence-electron chi connectivity index (χ4n) is 2.66. The number of benzene rings is 1. The molecule has 0 heterocycles. The third kappa shape index (κ3) is 3.71. The highest BCUT2D eigenvalue weighted by Crippen LogP contribution is 2.29. The van der Waals surface area contributed by atoms with Crippen molar-refractivity contribution in [2.24, 2.45) is 0 Å². The molecule has 114 valence electrons. The Hall–Kier alpha value is -2.11. The van der Waals surface area contributed by atoms with E-state index in [1.807, 2.05) is 0 Å². The molecular formula is C15H21N3O3. The van der Waals surface area contributed by atoms with Crippen LogP contribution in [0.1, 0.15) is 42.5 Å². The van der Waals surface area contributed by atoms with Crippen LogP contribution in [-0.2, 0) is 0 Å². The molecule has 0 aromatic heterocycles. The van der Waals surface area contributed by atoms with E-state index in [9.17, 15) is 14.9 Å². The SMILES string of the molecule is CN(C)C(=O)c1ccc(NC2CCCCC2)c([N+](=O)[O-])c1. The minimum Gasteiger partial charge on any atom is -0.377 e. The van der Waals surface area contributed by atoms with Crippen LogP contribution in [0, 0.1) is 10.1 Å². The van der Waals surface area contributed by atoms with E-state index < -0.39 is 4.92 Å². The van der Waals surface area contributed by atoms with Crippen LogP contribution in [0.2, 0.25) is 0 Å². The number of amides is 1. The first-order valence-corrected chi connectivity index (χ1v) is 7.25. The number of anilines is 1. The van der Waals surface area contributed by atoms with E-state index in [1.54, 1.807) is 26.2 Å². The van der Waals surface area contributed by atoms with Gasteiger partial charge in [-0.1, -0.05) is 19.3 Å². The van der Waals surface area contributed by atoms with Gasteiger partial charge in [0.15, 0.2) is 0 Å². The van der Waals surface area contributed by atoms with E-state index in [2.05, 4.69) is 5.32 Å². The van der Waals surface area contributed by atoms with Gasteiger partial charge in [-0.05, 0) is 25.0 Å². The van der Waals surface area contributed by atoms with Gasteiger partial charge in [-0.15, -0.1) is 0 Å². The van der Waals surface area contributed by atoms with Crippen molar-refractivity contribution >= 4 is 17.3 Å². The molecule has 0 bridgehead atoms. The van der Waals surface area contributed by atoms with Crippen molar-refractivity contribution in [3.05, 3.63) is 33.9 Å². The van der Waals surface area contributed by atoms with Gasteiger partial charge in [0, 0.05) is 31.8 Å². The molecule has 1 aromatic carbocycles. The summed E-state index contributed by atoms with van der Waals surface area (Å²) in [6.07, 6.45) is 5.62. The summed E-state index contributed by atoms with van der Waals surface area (Å²) in [5, 5.41) is 14.5. The van der Waals surface area contributed by atoms with Crippen LogP contribution < -0.4 is 5.32 Å². The summed E-state index contributed by atoms with van der Waals surface area (Å²) in [6.45, 7) is 0. The van der Waals surface area contributed by atoms with Gasteiger partial charge in [-0.3, -0.25) is 14.9 Å². The second kappa shape index (κ2) is 6.56. The fourth-order valence-corrected chi connectivity index (χ4v) is 2.66. The number of carbonyl (C=O) groups excluding carboxylic acids is 1. The number of carbonyl (C=O) groups is 1. The van der Waals surface area contributed by atoms with Crippen LogP contribution in [0.5, 0.6) is 0 Å². The molecule has 1 aliphatic carbocycles. The molecule has 1 fully saturated rings. The zero-order valence-corrected chi connectivity index (χ0v) is 12.5. The summed E-state index contributed by atoms with van der Waals surface area (Å²) in [4.78, 5) is 24.1. The minimum absolute atomic E-state index is 0.0340. The highest BCUT2D eigenvalue weighted by molar-refractivity contribution is 5.95. The molecule has 0 radical (unpaired) electrons. The summed E-state index contributed by atoms with van der Waals surface area (Å²) in [6, 6.07) is 4.92. The normalized spacial score (nSPS) is 15.5. The third-order valence-electron chi connectivity index (χ3n) is 3.81. The Bertz CT molecular complexity index is 537. The molecule has 21 heavy (non-hydrogen) atoms. The number of nitrogens with one attached hydrogen (secondary N) is 1. The van der Waals surface area contributed by atoms with Gasteiger partial charge in [0.25, 0.3) is 11.6 Å². The average molecular weight is 291 g/mol. The Kier molecular flexibility index (Phi) is 4.77. The van der Waals surface area contributed by atoms with Gasteiger partial charge in [-0.2, -0.15) is 0 Å². The van der Waals surface area contributed by atoms with Crippen molar-refractivity contribution in [2.45, 2.75) is 38.1 Å². The Labute approximate surface area is 124 Å². The Morgan fingerprint density at radius 2 is 1.95 bits per heavy atom. The molecule has 1 saturated carbocycles. The first-order chi connectivity index (χ1) is 9.99. The lowest BCUT2D eigenvalue weighted by molar-refractivity contribution is -0.384. The minimum atomic E-state index is -0.433. The van der Waals surface area contributed by atoms with Crippen molar-refractivity contribution < 1.29 is 9.72 Å². The maximum Gasteiger partial charge on any atom is 0.293 e. The van der Waals surface area contributed by atoms with Crippen LogP contribution in [-0.4, -0.2) is 35.9 Å². The Morgan fingerprint density at radius 1 is 1.29 bits per heavy atom. The zero-order valence-electron chi connectivity index (χ0n) is 12.5. The van der Waals surface area contributed by atoms with Gasteiger partial charge in [0.05, 0.1) is 4.92 Å². The molecule has 1 amide bonds. The summed E-state index contributed by atoms with van der Waals surface area (Å²) >= 11 is 0. The second-order valence-corrected chi connectivity index (χ2v) is 5.67. The molecule has 0 saturated heterocycles. The quantitative estimate of drug-likeness (QED) is 0.683. The molecule has 6 heteroatoms. The van der Waals surface area contributed by atoms with E-state index in [0.29, 0.717) is 11.3 Å². The monoisotopic (exact) mass is 291 g/mol. The number of nitrogens with zero attached hydrogens (tertiary/aromatic N) is 2. The number of nitro benzene ring substituents is 1. The van der Waals surface area contributed by atoms with E-state index in [0.717, 1.165) is 25.7 Å². The molecule has 0 unspecified atom stereocenters. The standard InChI is InChI=1S/C15H21N3O3/c1-17(2)15(19)11-8-9-13(14(10-11)18(20)21)16-12-6-4-3-5-7-12/h8-10,12,16H,3-7H2,1-2H3. The van der Waals surface area contributed by atoms with Crippen LogP contribution in [0.3, 0.4) is 0 Å². The van der Waals surface area contributed by atoms with Gasteiger partial charge >= 0.3 is 0 Å². The smallest absolute Gasteiger partial charge is 0.293 e. The van der Waals surface area contributed by atoms with Crippen molar-refractivity contribution in [1.82, 2.24) is 4.90 Å². The largest absolute Gasteiger partial charge is 0.377 e. The molecule has 0 atom stereocenters. The lowest BCUT2D eigenvalue weighted by atomic mass is 9.95. The zero-order chi connectivity index (χ0) is 15.4. The predicted molar refractivity (Wildman–Crippen MR) is 81.6 cm³/mol. The van der Waals surface area contributed by atoms with Crippen LogP contribution in [0.25, 0.3) is 0 Å². The van der Waals surface area contributed by atoms with Gasteiger partial charge < -0.3 is 10.2 Å². The van der Waals surface area contributed by atoms with Crippen LogP contribution >= 0.6 is 0 Å². The summed E-state index contributed by atoms with van der Waals surface area (Å²) in [7, 11) is 3.25. The van der Waals surface area contributed by atoms with Crippen molar-refractivity contribution in [3.8, 4) is 0 Å². The molecule has 2 rings (SSSR count). The number of nitro groups is 1. The molecular weight excluding hydrogens is 270 g/mol. The predicted octanol–water partition coefficient (Wildman–Crippen LogP) is 3.04. The Morgan fingerprint density at radius 3 is 2.52 bits per heavy atom. The summed E-state index contributed by atoms with van der Waals surface area (Å²) < 4.78 is 0. The molecule has 1 N–H and O–H groups in total. The lowest BCUT2D eigenvalue weighted by Crippen LogP contribution is -2.24. The maximum atomic E-state index is 11.9. The van der Waals surface area contributed by atoms with E-state index in [-0.39, 0.29) is 17.6 Å². The molecule has 1 aliphatic rings. The molecule has 1 aromatic rings. The van der Waals surface area contributed by atoms with Crippen LogP contribution in [0.4, 0.5) is 11.4 Å². The highest BCUT2D eigenvalue weighted by Gasteiger charge is 2.21. The molecule has 0 aliphatic heterocycles. The topological polar surface area (TPSA) is 75.5 Å². The Balaban J connectivity index is 2.24. The number of hydrogen-bond acceptors (Lipinski definition) is 4. The number of rotatable bonds is 4. The van der Waals surface area contributed by atoms with Gasteiger partial charge in [0.2, 0.25) is 0 Å². The lowest BCUT2D eigenvalue weighted by Gasteiger charge is -2.23. The van der Waals surface area contributed by atoms with Gasteiger partial charge in [0.1, 0.15) is 5.69 Å². The van der Waals surface area contributed by atoms with E-state index in [4.69, 9.17) is 0 Å². The third-order valence-corrected chi connectivity index (χ3v) is 3.81. The average Bonchev–Trinajstić information content (AvgIpc) is 2.47. The number of hydrogen-bond donors (Lipinski definition) is 1. The summed E-state index contributed by atoms with van der Waals surface area (Å²) in [5.74, 6) is -0.234. The van der Waals surface area contributed by atoms with E-state index in [1.165, 1.54) is 17.4 Å². The van der Waals surface area contributed by atoms with Crippen LogP contribution in [0.15, 0.2) is 18.2 Å². The second-order valence-electron chi connectivity index (χ2n) is 5.67. The van der Waals surface area contributed by atoms with Crippen molar-refractivity contribution in [3.63, 3.8) is 0 Å². The first kappa shape index (κ1) is 15.3. The fraction of sp³-hybridized carbons (Fsp3) is 0.533. The summed E-state index contributed by atoms with van der Waals surface area (Å²) in [5.41, 5.74) is 0.802. The first-order valence-electron chi connectivity index (χ1n) is 7.25. The molecule has 6 nitrogen and oxygen atoms in total.